The second-order valence-electron chi connectivity index (χ2n) is 9.32. The van der Waals surface area contributed by atoms with Crippen molar-refractivity contribution >= 4 is 0 Å². The number of hydrogen-bond acceptors (Lipinski definition) is 1. The van der Waals surface area contributed by atoms with Crippen LogP contribution in [0.3, 0.4) is 0 Å². The van der Waals surface area contributed by atoms with Gasteiger partial charge in [0, 0.05) is 0 Å². The van der Waals surface area contributed by atoms with E-state index >= 15 is 0 Å². The van der Waals surface area contributed by atoms with Crippen molar-refractivity contribution < 1.29 is 0 Å². The van der Waals surface area contributed by atoms with Gasteiger partial charge in [0.2, 0.25) is 0 Å². The molecule has 3 aliphatic rings. The zero-order chi connectivity index (χ0) is 15.9. The molecular weight excluding hydrogens is 278 g/mol. The summed E-state index contributed by atoms with van der Waals surface area (Å²) in [6, 6.07) is 11.5. The van der Waals surface area contributed by atoms with Crippen LogP contribution in [0.15, 0.2) is 30.3 Å². The molecule has 4 atom stereocenters. The van der Waals surface area contributed by atoms with Crippen LogP contribution >= 0.6 is 0 Å². The maximum absolute atomic E-state index is 3.57. The van der Waals surface area contributed by atoms with Gasteiger partial charge in [-0.05, 0) is 92.2 Å². The zero-order valence-corrected chi connectivity index (χ0v) is 15.0. The summed E-state index contributed by atoms with van der Waals surface area (Å²) in [7, 11) is 0. The lowest BCUT2D eigenvalue weighted by molar-refractivity contribution is -0.0235. The van der Waals surface area contributed by atoms with Crippen LogP contribution in [0.1, 0.15) is 64.4 Å². The molecule has 1 aromatic rings. The molecule has 1 heterocycles. The third-order valence-corrected chi connectivity index (χ3v) is 7.36. The average molecular weight is 312 g/mol. The molecule has 1 saturated heterocycles. The Kier molecular flexibility index (Phi) is 4.04. The quantitative estimate of drug-likeness (QED) is 0.795. The molecule has 3 fully saturated rings. The van der Waals surface area contributed by atoms with Crippen LogP contribution in [0.5, 0.6) is 0 Å². The largest absolute Gasteiger partial charge is 0.317 e. The molecule has 0 spiro atoms. The molecular formula is C22H33N. The van der Waals surface area contributed by atoms with Crippen molar-refractivity contribution in [2.75, 3.05) is 13.1 Å². The Morgan fingerprint density at radius 1 is 1.00 bits per heavy atom. The Hall–Kier alpha value is -0.820. The third kappa shape index (κ3) is 2.86. The Balaban J connectivity index is 1.68. The van der Waals surface area contributed by atoms with E-state index in [-0.39, 0.29) is 0 Å². The molecule has 0 aromatic heterocycles. The van der Waals surface area contributed by atoms with E-state index in [1.54, 1.807) is 5.56 Å². The van der Waals surface area contributed by atoms with Crippen LogP contribution in [0.25, 0.3) is 0 Å². The van der Waals surface area contributed by atoms with Gasteiger partial charge in [-0.3, -0.25) is 0 Å². The van der Waals surface area contributed by atoms with Gasteiger partial charge >= 0.3 is 0 Å². The van der Waals surface area contributed by atoms with Gasteiger partial charge in [0.05, 0.1) is 0 Å². The summed E-state index contributed by atoms with van der Waals surface area (Å²) in [6.45, 7) is 7.61. The summed E-state index contributed by atoms with van der Waals surface area (Å²) < 4.78 is 0. The lowest BCUT2D eigenvalue weighted by Crippen LogP contribution is -2.50. The first kappa shape index (κ1) is 15.7. The van der Waals surface area contributed by atoms with E-state index in [9.17, 15) is 0 Å². The van der Waals surface area contributed by atoms with Crippen molar-refractivity contribution in [2.45, 2.75) is 64.2 Å². The monoisotopic (exact) mass is 311 g/mol. The van der Waals surface area contributed by atoms with Crippen molar-refractivity contribution in [3.05, 3.63) is 35.9 Å². The normalized spacial score (nSPS) is 41.7. The van der Waals surface area contributed by atoms with Crippen LogP contribution in [-0.4, -0.2) is 13.1 Å². The second kappa shape index (κ2) is 5.92. The highest BCUT2D eigenvalue weighted by Crippen LogP contribution is 2.60. The molecule has 126 valence electrons. The number of nitrogens with one attached hydrogen (secondary N) is 1. The van der Waals surface area contributed by atoms with E-state index in [2.05, 4.69) is 49.5 Å². The van der Waals surface area contributed by atoms with Crippen LogP contribution in [-0.2, 0) is 5.41 Å². The molecule has 1 aromatic carbocycles. The molecule has 1 heteroatoms. The predicted molar refractivity (Wildman–Crippen MR) is 97.6 cm³/mol. The van der Waals surface area contributed by atoms with Gasteiger partial charge in [-0.2, -0.15) is 0 Å². The fourth-order valence-corrected chi connectivity index (χ4v) is 6.80. The zero-order valence-electron chi connectivity index (χ0n) is 15.0. The summed E-state index contributed by atoms with van der Waals surface area (Å²) in [4.78, 5) is 0. The van der Waals surface area contributed by atoms with Crippen molar-refractivity contribution in [1.29, 1.82) is 0 Å². The van der Waals surface area contributed by atoms with E-state index < -0.39 is 0 Å². The van der Waals surface area contributed by atoms with Crippen LogP contribution in [0, 0.1) is 23.2 Å². The fourth-order valence-electron chi connectivity index (χ4n) is 6.80. The molecule has 1 aliphatic heterocycles. The van der Waals surface area contributed by atoms with Gasteiger partial charge in [0.25, 0.3) is 0 Å². The minimum absolute atomic E-state index is 0.460. The maximum Gasteiger partial charge on any atom is -0.00365 e. The number of piperidine rings is 1. The van der Waals surface area contributed by atoms with Crippen molar-refractivity contribution in [1.82, 2.24) is 5.32 Å². The van der Waals surface area contributed by atoms with Crippen molar-refractivity contribution in [3.8, 4) is 0 Å². The molecule has 2 aliphatic carbocycles. The van der Waals surface area contributed by atoms with Crippen molar-refractivity contribution in [2.24, 2.45) is 23.2 Å². The summed E-state index contributed by atoms with van der Waals surface area (Å²) >= 11 is 0. The van der Waals surface area contributed by atoms with E-state index in [4.69, 9.17) is 0 Å². The van der Waals surface area contributed by atoms with E-state index in [0.29, 0.717) is 10.8 Å². The summed E-state index contributed by atoms with van der Waals surface area (Å²) in [5.74, 6) is 2.78. The fraction of sp³-hybridized carbons (Fsp3) is 0.727. The number of fused-ring (bicyclic) bond motifs is 2. The first-order valence-corrected chi connectivity index (χ1v) is 9.86. The Morgan fingerprint density at radius 3 is 2.48 bits per heavy atom. The summed E-state index contributed by atoms with van der Waals surface area (Å²) in [6.07, 6.45) is 10.0. The minimum Gasteiger partial charge on any atom is -0.317 e. The van der Waals surface area contributed by atoms with E-state index in [0.717, 1.165) is 17.8 Å². The van der Waals surface area contributed by atoms with Gasteiger partial charge in [-0.1, -0.05) is 44.2 Å². The highest BCUT2D eigenvalue weighted by Gasteiger charge is 2.52. The molecule has 1 nitrogen and oxygen atoms in total. The lowest BCUT2D eigenvalue weighted by atomic mass is 9.47. The smallest absolute Gasteiger partial charge is 0.00365 e. The molecule has 2 saturated carbocycles. The lowest BCUT2D eigenvalue weighted by Gasteiger charge is -2.57. The van der Waals surface area contributed by atoms with Gasteiger partial charge in [-0.25, -0.2) is 0 Å². The van der Waals surface area contributed by atoms with E-state index in [1.807, 2.05) is 0 Å². The summed E-state index contributed by atoms with van der Waals surface area (Å²) in [5.41, 5.74) is 2.65. The van der Waals surface area contributed by atoms with Gasteiger partial charge in [0.1, 0.15) is 0 Å². The Labute approximate surface area is 142 Å². The molecule has 4 rings (SSSR count). The third-order valence-electron chi connectivity index (χ3n) is 7.36. The molecule has 4 unspecified atom stereocenters. The molecule has 0 radical (unpaired) electrons. The Bertz CT molecular complexity index is 528. The predicted octanol–water partition coefficient (Wildman–Crippen LogP) is 5.16. The topological polar surface area (TPSA) is 12.0 Å². The maximum atomic E-state index is 3.57. The first-order chi connectivity index (χ1) is 11.1. The van der Waals surface area contributed by atoms with Crippen LogP contribution in [0.4, 0.5) is 0 Å². The summed E-state index contributed by atoms with van der Waals surface area (Å²) in [5, 5.41) is 3.57. The standard InChI is InChI=1S/C22H33N/c1-17-12-18-14-21(2,19-8-10-23-11-9-19)16-22(13-17,15-18)20-6-4-3-5-7-20/h3-7,17-19,23H,8-16H2,1-2H3. The number of benzene rings is 1. The molecule has 23 heavy (non-hydrogen) atoms. The molecule has 1 N–H and O–H groups in total. The number of rotatable bonds is 2. The van der Waals surface area contributed by atoms with Crippen LogP contribution in [0.2, 0.25) is 0 Å². The van der Waals surface area contributed by atoms with Gasteiger partial charge in [-0.15, -0.1) is 0 Å². The van der Waals surface area contributed by atoms with Crippen molar-refractivity contribution in [3.63, 3.8) is 0 Å². The first-order valence-electron chi connectivity index (χ1n) is 9.86. The average Bonchev–Trinajstić information content (AvgIpc) is 2.55. The van der Waals surface area contributed by atoms with Gasteiger partial charge < -0.3 is 5.32 Å². The second-order valence-corrected chi connectivity index (χ2v) is 9.32. The van der Waals surface area contributed by atoms with Gasteiger partial charge in [0.15, 0.2) is 0 Å². The Morgan fingerprint density at radius 2 is 1.74 bits per heavy atom. The SMILES string of the molecule is CC1CC2CC(c3ccccc3)(C1)CC(C)(C1CCNCC1)C2. The molecule has 0 amide bonds. The highest BCUT2D eigenvalue weighted by atomic mass is 14.9. The highest BCUT2D eigenvalue weighted by molar-refractivity contribution is 5.28. The van der Waals surface area contributed by atoms with Crippen LogP contribution < -0.4 is 5.32 Å². The van der Waals surface area contributed by atoms with E-state index in [1.165, 1.54) is 58.0 Å². The number of hydrogen-bond donors (Lipinski definition) is 1. The minimum atomic E-state index is 0.460. The molecule has 2 bridgehead atoms.